The van der Waals surface area contributed by atoms with Crippen LogP contribution in [0.15, 0.2) is 33.8 Å². The van der Waals surface area contributed by atoms with Crippen molar-refractivity contribution in [3.8, 4) is 0 Å². The number of nitrogens with zero attached hydrogens (tertiary/aromatic N) is 2. The summed E-state index contributed by atoms with van der Waals surface area (Å²) in [4.78, 5) is 51.8. The Morgan fingerprint density at radius 3 is 2.47 bits per heavy atom. The number of benzene rings is 1. The molecule has 1 unspecified atom stereocenters. The number of carbonyl (C=O) groups excluding carboxylic acids is 3. The Labute approximate surface area is 182 Å². The fraction of sp³-hybridized carbons (Fsp3) is 0.263. The summed E-state index contributed by atoms with van der Waals surface area (Å²) in [6, 6.07) is 4.68. The first-order chi connectivity index (χ1) is 15.1. The standard InChI is InChI=1S/C19H23N7O6/c1-9-15(10(2)32-26-9)17(29)25-13(18(30)31)7-22-14(27)8-23-16(28)11-4-3-5-12(6-11)24-19(20)21/h3-6,13H,7-8H2,1-2H3,(H,22,27)(H,23,28)(H,25,29)(H,30,31)(H4,20,21,24). The molecule has 2 aromatic rings. The molecule has 0 radical (unpaired) electrons. The summed E-state index contributed by atoms with van der Waals surface area (Å²) in [7, 11) is 0. The van der Waals surface area contributed by atoms with Gasteiger partial charge in [-0.1, -0.05) is 11.2 Å². The maximum absolute atomic E-state index is 12.3. The van der Waals surface area contributed by atoms with Gasteiger partial charge in [0.2, 0.25) is 5.91 Å². The Bertz CT molecular complexity index is 1040. The zero-order valence-electron chi connectivity index (χ0n) is 17.3. The predicted molar refractivity (Wildman–Crippen MR) is 112 cm³/mol. The monoisotopic (exact) mass is 445 g/mol. The van der Waals surface area contributed by atoms with Gasteiger partial charge in [-0.25, -0.2) is 9.79 Å². The van der Waals surface area contributed by atoms with Gasteiger partial charge in [0.25, 0.3) is 11.8 Å². The van der Waals surface area contributed by atoms with Crippen LogP contribution in [0, 0.1) is 13.8 Å². The first-order valence-electron chi connectivity index (χ1n) is 9.29. The molecule has 3 amide bonds. The van der Waals surface area contributed by atoms with Crippen molar-refractivity contribution in [1.82, 2.24) is 21.1 Å². The highest BCUT2D eigenvalue weighted by Gasteiger charge is 2.25. The third-order valence-electron chi connectivity index (χ3n) is 4.14. The van der Waals surface area contributed by atoms with Crippen LogP contribution in [0.3, 0.4) is 0 Å². The third-order valence-corrected chi connectivity index (χ3v) is 4.14. The lowest BCUT2D eigenvalue weighted by molar-refractivity contribution is -0.139. The van der Waals surface area contributed by atoms with Crippen LogP contribution < -0.4 is 27.4 Å². The van der Waals surface area contributed by atoms with E-state index in [1.54, 1.807) is 19.1 Å². The summed E-state index contributed by atoms with van der Waals surface area (Å²) < 4.78 is 4.89. The summed E-state index contributed by atoms with van der Waals surface area (Å²) in [5.41, 5.74) is 11.6. The van der Waals surface area contributed by atoms with Crippen LogP contribution in [0.5, 0.6) is 0 Å². The topological polar surface area (TPSA) is 215 Å². The van der Waals surface area contributed by atoms with Crippen LogP contribution in [0.1, 0.15) is 32.2 Å². The van der Waals surface area contributed by atoms with Gasteiger partial charge in [-0.2, -0.15) is 0 Å². The van der Waals surface area contributed by atoms with Crippen molar-refractivity contribution in [1.29, 1.82) is 0 Å². The predicted octanol–water partition coefficient (Wildman–Crippen LogP) is -1.07. The van der Waals surface area contributed by atoms with Gasteiger partial charge in [-0.05, 0) is 32.0 Å². The van der Waals surface area contributed by atoms with E-state index in [9.17, 15) is 24.3 Å². The lowest BCUT2D eigenvalue weighted by Crippen LogP contribution is -2.50. The average molecular weight is 445 g/mol. The molecule has 8 N–H and O–H groups in total. The number of carboxylic acids is 1. The Morgan fingerprint density at radius 2 is 1.88 bits per heavy atom. The largest absolute Gasteiger partial charge is 0.480 e. The molecule has 0 saturated heterocycles. The minimum absolute atomic E-state index is 0.123. The van der Waals surface area contributed by atoms with Crippen molar-refractivity contribution in [3.05, 3.63) is 46.8 Å². The summed E-state index contributed by atoms with van der Waals surface area (Å²) >= 11 is 0. The summed E-state index contributed by atoms with van der Waals surface area (Å²) in [5, 5.41) is 20.0. The normalized spacial score (nSPS) is 11.2. The summed E-state index contributed by atoms with van der Waals surface area (Å²) in [5.74, 6) is -3.20. The molecule has 32 heavy (non-hydrogen) atoms. The molecule has 0 aliphatic rings. The molecule has 0 saturated carbocycles. The lowest BCUT2D eigenvalue weighted by atomic mass is 10.1. The SMILES string of the molecule is Cc1noc(C)c1C(=O)NC(CNC(=O)CNC(=O)c1cccc(N=C(N)N)c1)C(=O)O. The minimum Gasteiger partial charge on any atom is -0.480 e. The van der Waals surface area contributed by atoms with E-state index in [1.165, 1.54) is 19.1 Å². The van der Waals surface area contributed by atoms with Crippen molar-refractivity contribution in [2.45, 2.75) is 19.9 Å². The molecule has 1 aromatic heterocycles. The molecule has 0 fully saturated rings. The van der Waals surface area contributed by atoms with Crippen LogP contribution in [-0.4, -0.2) is 59.0 Å². The van der Waals surface area contributed by atoms with E-state index >= 15 is 0 Å². The smallest absolute Gasteiger partial charge is 0.328 e. The second kappa shape index (κ2) is 10.6. The van der Waals surface area contributed by atoms with Gasteiger partial charge in [0.15, 0.2) is 5.96 Å². The Kier molecular flexibility index (Phi) is 7.87. The zero-order valence-corrected chi connectivity index (χ0v) is 17.3. The van der Waals surface area contributed by atoms with E-state index < -0.39 is 42.8 Å². The first kappa shape index (κ1) is 23.9. The zero-order chi connectivity index (χ0) is 23.8. The number of guanidine groups is 1. The molecule has 2 rings (SSSR count). The maximum atomic E-state index is 12.3. The highest BCUT2D eigenvalue weighted by Crippen LogP contribution is 2.14. The number of aliphatic carboxylic acids is 1. The van der Waals surface area contributed by atoms with Crippen LogP contribution >= 0.6 is 0 Å². The molecule has 1 aromatic carbocycles. The van der Waals surface area contributed by atoms with Gasteiger partial charge in [0.05, 0.1) is 17.9 Å². The molecule has 0 spiro atoms. The molecular formula is C19H23N7O6. The molecule has 1 atom stereocenters. The van der Waals surface area contributed by atoms with E-state index in [2.05, 4.69) is 26.1 Å². The van der Waals surface area contributed by atoms with Crippen LogP contribution in [0.2, 0.25) is 0 Å². The fourth-order valence-corrected chi connectivity index (χ4v) is 2.64. The minimum atomic E-state index is -1.41. The molecule has 0 aliphatic carbocycles. The average Bonchev–Trinajstić information content (AvgIpc) is 3.06. The number of aromatic nitrogens is 1. The molecule has 0 bridgehead atoms. The molecule has 13 nitrogen and oxygen atoms in total. The maximum Gasteiger partial charge on any atom is 0.328 e. The number of aliphatic imine (C=N–C) groups is 1. The van der Waals surface area contributed by atoms with Crippen molar-refractivity contribution in [2.75, 3.05) is 13.1 Å². The van der Waals surface area contributed by atoms with E-state index in [1.807, 2.05) is 0 Å². The highest BCUT2D eigenvalue weighted by molar-refractivity contribution is 5.99. The van der Waals surface area contributed by atoms with Gasteiger partial charge >= 0.3 is 5.97 Å². The lowest BCUT2D eigenvalue weighted by Gasteiger charge is -2.15. The van der Waals surface area contributed by atoms with Gasteiger partial charge in [-0.3, -0.25) is 14.4 Å². The summed E-state index contributed by atoms with van der Waals surface area (Å²) in [6.45, 7) is 2.23. The number of carbonyl (C=O) groups is 4. The second-order valence-electron chi connectivity index (χ2n) is 6.64. The molecule has 170 valence electrons. The van der Waals surface area contributed by atoms with Crippen molar-refractivity contribution < 1.29 is 28.8 Å². The number of aryl methyl sites for hydroxylation is 2. The third kappa shape index (κ3) is 6.55. The van der Waals surface area contributed by atoms with E-state index in [-0.39, 0.29) is 22.8 Å². The number of nitrogens with one attached hydrogen (secondary N) is 3. The number of hydrogen-bond acceptors (Lipinski definition) is 7. The van der Waals surface area contributed by atoms with E-state index in [0.29, 0.717) is 11.4 Å². The number of amides is 3. The number of rotatable bonds is 9. The van der Waals surface area contributed by atoms with Crippen LogP contribution in [0.4, 0.5) is 5.69 Å². The Balaban J connectivity index is 1.89. The number of nitrogens with two attached hydrogens (primary N) is 2. The van der Waals surface area contributed by atoms with Crippen LogP contribution in [0.25, 0.3) is 0 Å². The van der Waals surface area contributed by atoms with Crippen LogP contribution in [-0.2, 0) is 9.59 Å². The second-order valence-corrected chi connectivity index (χ2v) is 6.64. The van der Waals surface area contributed by atoms with Gasteiger partial charge in [0, 0.05) is 12.1 Å². The Morgan fingerprint density at radius 1 is 1.16 bits per heavy atom. The van der Waals surface area contributed by atoms with Gasteiger partial charge in [-0.15, -0.1) is 0 Å². The summed E-state index contributed by atoms with van der Waals surface area (Å²) in [6.07, 6.45) is 0. The van der Waals surface area contributed by atoms with Crippen molar-refractivity contribution >= 4 is 35.3 Å². The van der Waals surface area contributed by atoms with Crippen molar-refractivity contribution in [2.24, 2.45) is 16.5 Å². The fourth-order valence-electron chi connectivity index (χ4n) is 2.64. The number of hydrogen-bond donors (Lipinski definition) is 6. The molecular weight excluding hydrogens is 422 g/mol. The first-order valence-corrected chi connectivity index (χ1v) is 9.29. The van der Waals surface area contributed by atoms with Gasteiger partial charge in [0.1, 0.15) is 17.4 Å². The molecule has 13 heteroatoms. The van der Waals surface area contributed by atoms with Gasteiger partial charge < -0.3 is 37.0 Å². The van der Waals surface area contributed by atoms with E-state index in [0.717, 1.165) is 0 Å². The number of carboxylic acid groups (broad SMARTS) is 1. The molecule has 0 aliphatic heterocycles. The van der Waals surface area contributed by atoms with Crippen molar-refractivity contribution in [3.63, 3.8) is 0 Å². The van der Waals surface area contributed by atoms with E-state index in [4.69, 9.17) is 16.0 Å². The Hall–Kier alpha value is -4.42. The molecule has 1 heterocycles. The quantitative estimate of drug-likeness (QED) is 0.204. The highest BCUT2D eigenvalue weighted by atomic mass is 16.5.